The molecule has 0 heterocycles. The maximum absolute atomic E-state index is 9.89. The Labute approximate surface area is 118 Å². The molecule has 0 spiro atoms. The number of benzene rings is 2. The van der Waals surface area contributed by atoms with Gasteiger partial charge in [0.2, 0.25) is 0 Å². The fourth-order valence-electron chi connectivity index (χ4n) is 1.62. The predicted octanol–water partition coefficient (Wildman–Crippen LogP) is 3.61. The lowest BCUT2D eigenvalue weighted by molar-refractivity contribution is 0.159. The van der Waals surface area contributed by atoms with Crippen LogP contribution >= 0.6 is 11.8 Å². The van der Waals surface area contributed by atoms with Gasteiger partial charge in [0.25, 0.3) is 0 Å². The summed E-state index contributed by atoms with van der Waals surface area (Å²) in [5.41, 5.74) is 0. The summed E-state index contributed by atoms with van der Waals surface area (Å²) in [7, 11) is 0. The van der Waals surface area contributed by atoms with Gasteiger partial charge in [-0.3, -0.25) is 0 Å². The van der Waals surface area contributed by atoms with Gasteiger partial charge in [-0.2, -0.15) is 0 Å². The molecule has 2 rings (SSSR count). The number of thioether (sulfide) groups is 1. The number of hydrogen-bond acceptors (Lipinski definition) is 3. The maximum atomic E-state index is 9.89. The van der Waals surface area contributed by atoms with Gasteiger partial charge in [-0.05, 0) is 24.3 Å². The summed E-state index contributed by atoms with van der Waals surface area (Å²) in [6.45, 7) is 0.542. The molecule has 0 saturated heterocycles. The van der Waals surface area contributed by atoms with E-state index in [1.165, 1.54) is 4.90 Å². The van der Waals surface area contributed by atoms with Gasteiger partial charge < -0.3 is 9.84 Å². The highest BCUT2D eigenvalue weighted by Crippen LogP contribution is 2.19. The molecular weight excluding hydrogens is 256 g/mol. The van der Waals surface area contributed by atoms with Gasteiger partial charge in [-0.1, -0.05) is 36.4 Å². The summed E-state index contributed by atoms with van der Waals surface area (Å²) in [5, 5.41) is 9.89. The van der Waals surface area contributed by atoms with E-state index in [0.29, 0.717) is 18.8 Å². The van der Waals surface area contributed by atoms with Gasteiger partial charge in [-0.15, -0.1) is 11.8 Å². The molecule has 100 valence electrons. The van der Waals surface area contributed by atoms with Crippen LogP contribution in [0.1, 0.15) is 6.42 Å². The molecule has 3 heteroatoms. The highest BCUT2D eigenvalue weighted by atomic mass is 32.2. The van der Waals surface area contributed by atoms with Crippen molar-refractivity contribution in [3.05, 3.63) is 60.7 Å². The molecule has 1 N–H and O–H groups in total. The van der Waals surface area contributed by atoms with Crippen LogP contribution in [0.25, 0.3) is 0 Å². The second-order valence-electron chi connectivity index (χ2n) is 4.23. The monoisotopic (exact) mass is 274 g/mol. The number of ether oxygens (including phenoxy) is 1. The third-order valence-corrected chi connectivity index (χ3v) is 3.81. The topological polar surface area (TPSA) is 29.5 Å². The van der Waals surface area contributed by atoms with E-state index < -0.39 is 0 Å². The van der Waals surface area contributed by atoms with Gasteiger partial charge in [0.1, 0.15) is 5.75 Å². The fraction of sp³-hybridized carbons (Fsp3) is 0.250. The van der Waals surface area contributed by atoms with Gasteiger partial charge in [0, 0.05) is 17.1 Å². The molecule has 0 aliphatic rings. The second-order valence-corrected chi connectivity index (χ2v) is 5.32. The number of aliphatic hydroxyl groups is 1. The van der Waals surface area contributed by atoms with Gasteiger partial charge in [0.05, 0.1) is 12.7 Å². The van der Waals surface area contributed by atoms with E-state index in [4.69, 9.17) is 4.74 Å². The van der Waals surface area contributed by atoms with Crippen LogP contribution < -0.4 is 4.74 Å². The third kappa shape index (κ3) is 5.37. The first kappa shape index (κ1) is 14.0. The van der Waals surface area contributed by atoms with Crippen LogP contribution in [0.2, 0.25) is 0 Å². The van der Waals surface area contributed by atoms with Gasteiger partial charge in [-0.25, -0.2) is 0 Å². The number of aliphatic hydroxyl groups excluding tert-OH is 1. The molecule has 0 aliphatic heterocycles. The Bertz CT molecular complexity index is 459. The first-order valence-corrected chi connectivity index (χ1v) is 7.37. The highest BCUT2D eigenvalue weighted by molar-refractivity contribution is 7.99. The summed E-state index contributed by atoms with van der Waals surface area (Å²) in [4.78, 5) is 1.19. The summed E-state index contributed by atoms with van der Waals surface area (Å²) in [6.07, 6.45) is 0.309. The quantitative estimate of drug-likeness (QED) is 0.782. The summed E-state index contributed by atoms with van der Waals surface area (Å²) >= 11 is 1.67. The summed E-state index contributed by atoms with van der Waals surface area (Å²) < 4.78 is 5.56. The molecule has 0 aromatic heterocycles. The highest BCUT2D eigenvalue weighted by Gasteiger charge is 2.05. The number of rotatable bonds is 7. The minimum absolute atomic E-state index is 0.339. The first-order chi connectivity index (χ1) is 9.34. The molecular formula is C16H18O2S. The van der Waals surface area contributed by atoms with E-state index in [9.17, 15) is 5.11 Å². The van der Waals surface area contributed by atoms with Crippen molar-refractivity contribution in [1.82, 2.24) is 0 Å². The lowest BCUT2D eigenvalue weighted by Crippen LogP contribution is -2.14. The van der Waals surface area contributed by atoms with Crippen molar-refractivity contribution < 1.29 is 9.84 Å². The van der Waals surface area contributed by atoms with Crippen LogP contribution in [0.5, 0.6) is 5.75 Å². The largest absolute Gasteiger partial charge is 0.493 e. The van der Waals surface area contributed by atoms with Crippen molar-refractivity contribution in [3.63, 3.8) is 0 Å². The van der Waals surface area contributed by atoms with Gasteiger partial charge >= 0.3 is 0 Å². The SMILES string of the molecule is OC(CCOc1ccccc1)CSc1ccccc1. The van der Waals surface area contributed by atoms with Crippen LogP contribution in [0.4, 0.5) is 0 Å². The minimum Gasteiger partial charge on any atom is -0.493 e. The number of hydrogen-bond donors (Lipinski definition) is 1. The standard InChI is InChI=1S/C16H18O2S/c17-14(13-19-16-9-5-2-6-10-16)11-12-18-15-7-3-1-4-8-15/h1-10,14,17H,11-13H2. The third-order valence-electron chi connectivity index (χ3n) is 2.65. The Morgan fingerprint density at radius 2 is 1.58 bits per heavy atom. The van der Waals surface area contributed by atoms with Crippen molar-refractivity contribution in [3.8, 4) is 5.75 Å². The van der Waals surface area contributed by atoms with Crippen LogP contribution in [0.15, 0.2) is 65.6 Å². The maximum Gasteiger partial charge on any atom is 0.119 e. The molecule has 0 radical (unpaired) electrons. The molecule has 2 nitrogen and oxygen atoms in total. The Hall–Kier alpha value is -1.45. The Balaban J connectivity index is 1.64. The van der Waals surface area contributed by atoms with Crippen LogP contribution in [0.3, 0.4) is 0 Å². The Morgan fingerprint density at radius 3 is 2.26 bits per heavy atom. The molecule has 1 unspecified atom stereocenters. The smallest absolute Gasteiger partial charge is 0.119 e. The lowest BCUT2D eigenvalue weighted by Gasteiger charge is -2.11. The Kier molecular flexibility index (Phi) is 5.79. The van der Waals surface area contributed by atoms with E-state index in [0.717, 1.165) is 5.75 Å². The van der Waals surface area contributed by atoms with Crippen LogP contribution in [-0.2, 0) is 0 Å². The predicted molar refractivity (Wildman–Crippen MR) is 79.7 cm³/mol. The van der Waals surface area contributed by atoms with E-state index in [-0.39, 0.29) is 6.10 Å². The molecule has 0 amide bonds. The average molecular weight is 274 g/mol. The minimum atomic E-state index is -0.339. The van der Waals surface area contributed by atoms with Crippen molar-refractivity contribution in [2.45, 2.75) is 17.4 Å². The number of para-hydroxylation sites is 1. The second kappa shape index (κ2) is 7.87. The van der Waals surface area contributed by atoms with Crippen LogP contribution in [0, 0.1) is 0 Å². The average Bonchev–Trinajstić information content (AvgIpc) is 2.47. The lowest BCUT2D eigenvalue weighted by atomic mass is 10.3. The van der Waals surface area contributed by atoms with Crippen molar-refractivity contribution in [2.24, 2.45) is 0 Å². The molecule has 0 aliphatic carbocycles. The van der Waals surface area contributed by atoms with Gasteiger partial charge in [0.15, 0.2) is 0 Å². The van der Waals surface area contributed by atoms with Crippen molar-refractivity contribution >= 4 is 11.8 Å². The van der Waals surface area contributed by atoms with Crippen LogP contribution in [-0.4, -0.2) is 23.6 Å². The normalized spacial score (nSPS) is 12.1. The molecule has 2 aromatic carbocycles. The summed E-state index contributed by atoms with van der Waals surface area (Å²) in [6, 6.07) is 19.8. The molecule has 2 aromatic rings. The molecule has 0 fully saturated rings. The zero-order chi connectivity index (χ0) is 13.3. The first-order valence-electron chi connectivity index (χ1n) is 6.38. The van der Waals surface area contributed by atoms with E-state index in [1.807, 2.05) is 48.5 Å². The van der Waals surface area contributed by atoms with E-state index in [1.54, 1.807) is 11.8 Å². The molecule has 0 bridgehead atoms. The van der Waals surface area contributed by atoms with E-state index in [2.05, 4.69) is 12.1 Å². The summed E-state index contributed by atoms with van der Waals surface area (Å²) in [5.74, 6) is 1.55. The fourth-order valence-corrected chi connectivity index (χ4v) is 2.52. The van der Waals surface area contributed by atoms with E-state index >= 15 is 0 Å². The zero-order valence-corrected chi connectivity index (χ0v) is 11.6. The van der Waals surface area contributed by atoms with Crippen molar-refractivity contribution in [1.29, 1.82) is 0 Å². The Morgan fingerprint density at radius 1 is 0.947 bits per heavy atom. The molecule has 19 heavy (non-hydrogen) atoms. The zero-order valence-electron chi connectivity index (χ0n) is 10.7. The van der Waals surface area contributed by atoms with Crippen molar-refractivity contribution in [2.75, 3.05) is 12.4 Å². The molecule has 0 saturated carbocycles. The molecule has 1 atom stereocenters.